The number of ether oxygens (including phenoxy) is 1. The van der Waals surface area contributed by atoms with E-state index < -0.39 is 0 Å². The van der Waals surface area contributed by atoms with E-state index in [-0.39, 0.29) is 24.0 Å². The molecule has 0 aliphatic heterocycles. The highest BCUT2D eigenvalue weighted by molar-refractivity contribution is 14.0. The fourth-order valence-corrected chi connectivity index (χ4v) is 1.62. The summed E-state index contributed by atoms with van der Waals surface area (Å²) in [5.41, 5.74) is 8.04. The van der Waals surface area contributed by atoms with Crippen LogP contribution < -0.4 is 15.8 Å². The summed E-state index contributed by atoms with van der Waals surface area (Å²) in [6.45, 7) is 6.80. The number of halogens is 1. The van der Waals surface area contributed by atoms with Gasteiger partial charge in [0.05, 0.1) is 13.7 Å². The van der Waals surface area contributed by atoms with Crippen LogP contribution in [0.1, 0.15) is 31.4 Å². The predicted molar refractivity (Wildman–Crippen MR) is 91.4 cm³/mol. The van der Waals surface area contributed by atoms with Crippen molar-refractivity contribution in [1.82, 2.24) is 5.32 Å². The zero-order valence-corrected chi connectivity index (χ0v) is 14.4. The molecule has 0 radical (unpaired) electrons. The first-order valence-corrected chi connectivity index (χ1v) is 6.26. The van der Waals surface area contributed by atoms with Crippen molar-refractivity contribution >= 4 is 29.9 Å². The number of methoxy groups -OCH3 is 1. The lowest BCUT2D eigenvalue weighted by atomic mass is 10.1. The molecule has 1 atom stereocenters. The van der Waals surface area contributed by atoms with E-state index in [1.165, 1.54) is 0 Å². The normalized spacial score (nSPS) is 12.5. The van der Waals surface area contributed by atoms with Crippen LogP contribution >= 0.6 is 24.0 Å². The Labute approximate surface area is 132 Å². The number of nitrogens with two attached hydrogens (primary N) is 1. The van der Waals surface area contributed by atoms with Gasteiger partial charge in [-0.1, -0.05) is 19.1 Å². The average molecular weight is 377 g/mol. The van der Waals surface area contributed by atoms with E-state index in [0.717, 1.165) is 23.3 Å². The Morgan fingerprint density at radius 1 is 1.47 bits per heavy atom. The number of aryl methyl sites for hydroxylation is 1. The van der Waals surface area contributed by atoms with Crippen molar-refractivity contribution in [2.45, 2.75) is 39.8 Å². The summed E-state index contributed by atoms with van der Waals surface area (Å²) in [7, 11) is 1.67. The molecule has 0 amide bonds. The molecule has 0 bridgehead atoms. The number of nitrogens with zero attached hydrogens (tertiary/aromatic N) is 1. The van der Waals surface area contributed by atoms with Crippen molar-refractivity contribution in [3.8, 4) is 5.75 Å². The number of rotatable bonds is 5. The van der Waals surface area contributed by atoms with E-state index in [9.17, 15) is 0 Å². The molecule has 4 nitrogen and oxygen atoms in total. The van der Waals surface area contributed by atoms with E-state index in [2.05, 4.69) is 30.2 Å². The van der Waals surface area contributed by atoms with Crippen molar-refractivity contribution in [3.63, 3.8) is 0 Å². The molecule has 1 unspecified atom stereocenters. The summed E-state index contributed by atoms with van der Waals surface area (Å²) < 4.78 is 5.22. The van der Waals surface area contributed by atoms with Crippen LogP contribution in [0.15, 0.2) is 23.2 Å². The summed E-state index contributed by atoms with van der Waals surface area (Å²) in [5.74, 6) is 1.39. The third kappa shape index (κ3) is 6.13. The lowest BCUT2D eigenvalue weighted by Crippen LogP contribution is -2.38. The van der Waals surface area contributed by atoms with Gasteiger partial charge in [-0.2, -0.15) is 0 Å². The number of hydrogen-bond donors (Lipinski definition) is 2. The quantitative estimate of drug-likeness (QED) is 0.471. The minimum absolute atomic E-state index is 0. The highest BCUT2D eigenvalue weighted by atomic mass is 127. The summed E-state index contributed by atoms with van der Waals surface area (Å²) in [4.78, 5) is 4.32. The Balaban J connectivity index is 0.00000324. The van der Waals surface area contributed by atoms with Gasteiger partial charge in [-0.25, -0.2) is 4.99 Å². The van der Waals surface area contributed by atoms with Crippen LogP contribution in [0.25, 0.3) is 0 Å². The van der Waals surface area contributed by atoms with Crippen LogP contribution in [0.3, 0.4) is 0 Å². The van der Waals surface area contributed by atoms with Gasteiger partial charge in [0.2, 0.25) is 0 Å². The number of benzene rings is 1. The van der Waals surface area contributed by atoms with Crippen molar-refractivity contribution in [3.05, 3.63) is 29.3 Å². The first-order valence-electron chi connectivity index (χ1n) is 6.26. The second-order valence-electron chi connectivity index (χ2n) is 4.46. The lowest BCUT2D eigenvalue weighted by molar-refractivity contribution is 0.411. The van der Waals surface area contributed by atoms with Crippen LogP contribution in [0.4, 0.5) is 0 Å². The number of aliphatic imine (C=N–C) groups is 1. The van der Waals surface area contributed by atoms with Gasteiger partial charge in [0.15, 0.2) is 5.96 Å². The lowest BCUT2D eigenvalue weighted by Gasteiger charge is -2.12. The van der Waals surface area contributed by atoms with Gasteiger partial charge in [0.25, 0.3) is 0 Å². The van der Waals surface area contributed by atoms with Gasteiger partial charge in [0, 0.05) is 6.04 Å². The van der Waals surface area contributed by atoms with E-state index in [0.29, 0.717) is 18.5 Å². The molecular weight excluding hydrogens is 353 g/mol. The Bertz CT molecular complexity index is 421. The molecule has 108 valence electrons. The smallest absolute Gasteiger partial charge is 0.189 e. The third-order valence-corrected chi connectivity index (χ3v) is 2.90. The molecule has 19 heavy (non-hydrogen) atoms. The van der Waals surface area contributed by atoms with Crippen molar-refractivity contribution in [2.75, 3.05) is 7.11 Å². The second kappa shape index (κ2) is 9.01. The van der Waals surface area contributed by atoms with Crippen molar-refractivity contribution in [1.29, 1.82) is 0 Å². The zero-order valence-electron chi connectivity index (χ0n) is 12.1. The molecule has 3 N–H and O–H groups in total. The van der Waals surface area contributed by atoms with Crippen LogP contribution in [0, 0.1) is 6.92 Å². The van der Waals surface area contributed by atoms with Crippen LogP contribution in [0.2, 0.25) is 0 Å². The first-order chi connectivity index (χ1) is 8.56. The monoisotopic (exact) mass is 377 g/mol. The number of nitrogens with one attached hydrogen (secondary N) is 1. The molecule has 1 aromatic rings. The molecule has 0 aliphatic rings. The van der Waals surface area contributed by atoms with Crippen molar-refractivity contribution in [2.24, 2.45) is 10.7 Å². The molecular formula is C14H24IN3O. The summed E-state index contributed by atoms with van der Waals surface area (Å²) >= 11 is 0. The summed E-state index contributed by atoms with van der Waals surface area (Å²) in [6.07, 6.45) is 1.03. The Morgan fingerprint density at radius 3 is 2.68 bits per heavy atom. The van der Waals surface area contributed by atoms with Gasteiger partial charge in [-0.15, -0.1) is 24.0 Å². The van der Waals surface area contributed by atoms with E-state index in [1.54, 1.807) is 7.11 Å². The van der Waals surface area contributed by atoms with Crippen LogP contribution in [0.5, 0.6) is 5.75 Å². The molecule has 1 aromatic carbocycles. The van der Waals surface area contributed by atoms with Crippen LogP contribution in [-0.2, 0) is 6.54 Å². The molecule has 0 aliphatic carbocycles. The second-order valence-corrected chi connectivity index (χ2v) is 4.46. The predicted octanol–water partition coefficient (Wildman–Crippen LogP) is 2.82. The highest BCUT2D eigenvalue weighted by Gasteiger charge is 2.01. The Morgan fingerprint density at radius 2 is 2.16 bits per heavy atom. The molecule has 0 heterocycles. The fraction of sp³-hybridized carbons (Fsp3) is 0.500. The molecule has 0 saturated carbocycles. The average Bonchev–Trinajstić information content (AvgIpc) is 2.36. The van der Waals surface area contributed by atoms with Crippen LogP contribution in [-0.4, -0.2) is 19.1 Å². The zero-order chi connectivity index (χ0) is 13.5. The first kappa shape index (κ1) is 18.0. The van der Waals surface area contributed by atoms with Gasteiger partial charge in [0.1, 0.15) is 5.75 Å². The van der Waals surface area contributed by atoms with Gasteiger partial charge in [-0.05, 0) is 37.5 Å². The van der Waals surface area contributed by atoms with Gasteiger partial charge < -0.3 is 15.8 Å². The summed E-state index contributed by atoms with van der Waals surface area (Å²) in [5, 5.41) is 3.14. The molecule has 0 fully saturated rings. The highest BCUT2D eigenvalue weighted by Crippen LogP contribution is 2.18. The topological polar surface area (TPSA) is 59.6 Å². The van der Waals surface area contributed by atoms with E-state index in [1.807, 2.05) is 19.1 Å². The fourth-order valence-electron chi connectivity index (χ4n) is 1.62. The van der Waals surface area contributed by atoms with Gasteiger partial charge >= 0.3 is 0 Å². The standard InChI is InChI=1S/C14H23N3O.HI/c1-5-11(3)17-14(15)16-9-12-6-7-13(18-4)10(2)8-12;/h6-8,11H,5,9H2,1-4H3,(H3,15,16,17);1H. The SMILES string of the molecule is CCC(C)NC(N)=NCc1ccc(OC)c(C)c1.I. The maximum absolute atomic E-state index is 5.81. The number of guanidine groups is 1. The van der Waals surface area contributed by atoms with E-state index >= 15 is 0 Å². The molecule has 1 rings (SSSR count). The molecule has 0 saturated heterocycles. The van der Waals surface area contributed by atoms with Gasteiger partial charge in [-0.3, -0.25) is 0 Å². The van der Waals surface area contributed by atoms with Crippen molar-refractivity contribution < 1.29 is 4.74 Å². The summed E-state index contributed by atoms with van der Waals surface area (Å²) in [6, 6.07) is 6.38. The largest absolute Gasteiger partial charge is 0.496 e. The maximum atomic E-state index is 5.81. The Hall–Kier alpha value is -0.980. The minimum atomic E-state index is 0. The maximum Gasteiger partial charge on any atom is 0.189 e. The molecule has 0 spiro atoms. The molecule has 0 aromatic heterocycles. The third-order valence-electron chi connectivity index (χ3n) is 2.90. The van der Waals surface area contributed by atoms with E-state index in [4.69, 9.17) is 10.5 Å². The minimum Gasteiger partial charge on any atom is -0.496 e. The Kier molecular flexibility index (Phi) is 8.54. The number of hydrogen-bond acceptors (Lipinski definition) is 2. The molecule has 5 heteroatoms.